The minimum absolute atomic E-state index is 0.0281. The highest BCUT2D eigenvalue weighted by Gasteiger charge is 2.29. The first-order chi connectivity index (χ1) is 16.4. The standard InChI is InChI=1S/C27H36N2O6/c1-18(2)16-29(17-23(30)25(33)35-27(3,4)5)26(34)28-22(24(31)32)15-19-11-13-21(14-12-19)20-9-7-6-8-10-20/h6-14,18,22-23,30H,15-17H2,1-5H3,(H,28,34)(H,31,32)/t22-,23?/m0/s1. The smallest absolute Gasteiger partial charge is 0.337 e. The van der Waals surface area contributed by atoms with Crippen molar-refractivity contribution in [3.63, 3.8) is 0 Å². The van der Waals surface area contributed by atoms with Gasteiger partial charge < -0.3 is 25.2 Å². The Hall–Kier alpha value is -3.39. The number of aliphatic hydroxyl groups excluding tert-OH is 1. The van der Waals surface area contributed by atoms with E-state index in [-0.39, 0.29) is 25.4 Å². The van der Waals surface area contributed by atoms with Crippen LogP contribution in [0.25, 0.3) is 11.1 Å². The average molecular weight is 485 g/mol. The third-order valence-electron chi connectivity index (χ3n) is 5.04. The van der Waals surface area contributed by atoms with E-state index in [1.807, 2.05) is 68.4 Å². The SMILES string of the molecule is CC(C)CN(CC(O)C(=O)OC(C)(C)C)C(=O)N[C@@H](Cc1ccc(-c2ccccc2)cc1)C(=O)O. The number of aliphatic hydroxyl groups is 1. The van der Waals surface area contributed by atoms with Crippen molar-refractivity contribution in [1.82, 2.24) is 10.2 Å². The second kappa shape index (κ2) is 12.4. The summed E-state index contributed by atoms with van der Waals surface area (Å²) in [7, 11) is 0. The van der Waals surface area contributed by atoms with Gasteiger partial charge in [-0.15, -0.1) is 0 Å². The number of carbonyl (C=O) groups excluding carboxylic acids is 2. The van der Waals surface area contributed by atoms with E-state index in [4.69, 9.17) is 4.74 Å². The first-order valence-electron chi connectivity index (χ1n) is 11.7. The number of nitrogens with zero attached hydrogens (tertiary/aromatic N) is 1. The Morgan fingerprint density at radius 2 is 1.51 bits per heavy atom. The van der Waals surface area contributed by atoms with E-state index < -0.39 is 35.7 Å². The van der Waals surface area contributed by atoms with E-state index in [9.17, 15) is 24.6 Å². The predicted molar refractivity (Wildman–Crippen MR) is 134 cm³/mol. The van der Waals surface area contributed by atoms with Gasteiger partial charge in [0.2, 0.25) is 0 Å². The first-order valence-corrected chi connectivity index (χ1v) is 11.7. The summed E-state index contributed by atoms with van der Waals surface area (Å²) in [6.45, 7) is 8.72. The summed E-state index contributed by atoms with van der Waals surface area (Å²) in [5.74, 6) is -1.99. The third-order valence-corrected chi connectivity index (χ3v) is 5.04. The number of esters is 1. The molecule has 0 heterocycles. The van der Waals surface area contributed by atoms with Gasteiger partial charge in [0.25, 0.3) is 0 Å². The number of benzene rings is 2. The van der Waals surface area contributed by atoms with Crippen LogP contribution in [0.4, 0.5) is 4.79 Å². The lowest BCUT2D eigenvalue weighted by Crippen LogP contribution is -2.52. The van der Waals surface area contributed by atoms with Crippen LogP contribution in [0.3, 0.4) is 0 Å². The van der Waals surface area contributed by atoms with Crippen LogP contribution in [0.15, 0.2) is 54.6 Å². The molecular weight excluding hydrogens is 448 g/mol. The molecule has 190 valence electrons. The number of carboxylic acids is 1. The molecule has 0 aromatic heterocycles. The number of carbonyl (C=O) groups is 3. The Labute approximate surface area is 206 Å². The number of carboxylic acid groups (broad SMARTS) is 1. The van der Waals surface area contributed by atoms with Crippen LogP contribution < -0.4 is 5.32 Å². The van der Waals surface area contributed by atoms with Gasteiger partial charge in [0.05, 0.1) is 6.54 Å². The molecule has 0 aliphatic carbocycles. The zero-order valence-electron chi connectivity index (χ0n) is 21.0. The second-order valence-electron chi connectivity index (χ2n) is 9.96. The highest BCUT2D eigenvalue weighted by molar-refractivity contribution is 5.83. The molecule has 0 saturated carbocycles. The second-order valence-corrected chi connectivity index (χ2v) is 9.96. The molecule has 1 unspecified atom stereocenters. The fraction of sp³-hybridized carbons (Fsp3) is 0.444. The topological polar surface area (TPSA) is 116 Å². The highest BCUT2D eigenvalue weighted by atomic mass is 16.6. The van der Waals surface area contributed by atoms with Gasteiger partial charge in [-0.25, -0.2) is 14.4 Å². The highest BCUT2D eigenvalue weighted by Crippen LogP contribution is 2.20. The number of ether oxygens (including phenoxy) is 1. The lowest BCUT2D eigenvalue weighted by Gasteiger charge is -2.29. The molecule has 2 aromatic rings. The van der Waals surface area contributed by atoms with E-state index in [1.165, 1.54) is 4.90 Å². The number of nitrogens with one attached hydrogen (secondary N) is 1. The maximum absolute atomic E-state index is 13.0. The molecule has 0 fully saturated rings. The van der Waals surface area contributed by atoms with Crippen LogP contribution >= 0.6 is 0 Å². The summed E-state index contributed by atoms with van der Waals surface area (Å²) in [4.78, 5) is 38.3. The van der Waals surface area contributed by atoms with E-state index in [1.54, 1.807) is 20.8 Å². The number of rotatable bonds is 10. The van der Waals surface area contributed by atoms with Crippen molar-refractivity contribution in [3.8, 4) is 11.1 Å². The zero-order valence-corrected chi connectivity index (χ0v) is 21.0. The Morgan fingerprint density at radius 1 is 0.943 bits per heavy atom. The van der Waals surface area contributed by atoms with Gasteiger partial charge in [0.1, 0.15) is 11.6 Å². The van der Waals surface area contributed by atoms with E-state index >= 15 is 0 Å². The van der Waals surface area contributed by atoms with Crippen LogP contribution in [0.1, 0.15) is 40.2 Å². The molecule has 0 saturated heterocycles. The maximum Gasteiger partial charge on any atom is 0.337 e. The number of hydrogen-bond acceptors (Lipinski definition) is 5. The molecule has 35 heavy (non-hydrogen) atoms. The van der Waals surface area contributed by atoms with Crippen molar-refractivity contribution < 1.29 is 29.3 Å². The summed E-state index contributed by atoms with van der Waals surface area (Å²) in [6, 6.07) is 15.4. The zero-order chi connectivity index (χ0) is 26.2. The molecule has 2 atom stereocenters. The number of amides is 2. The van der Waals surface area contributed by atoms with E-state index in [0.29, 0.717) is 0 Å². The Kier molecular flexibility index (Phi) is 9.83. The monoisotopic (exact) mass is 484 g/mol. The molecule has 2 aromatic carbocycles. The summed E-state index contributed by atoms with van der Waals surface area (Å²) in [5.41, 5.74) is 2.02. The molecule has 2 rings (SSSR count). The van der Waals surface area contributed by atoms with Gasteiger partial charge in [0.15, 0.2) is 6.10 Å². The summed E-state index contributed by atoms with van der Waals surface area (Å²) in [5, 5.41) is 22.6. The van der Waals surface area contributed by atoms with Crippen molar-refractivity contribution in [1.29, 1.82) is 0 Å². The van der Waals surface area contributed by atoms with Crippen molar-refractivity contribution >= 4 is 18.0 Å². The van der Waals surface area contributed by atoms with Crippen molar-refractivity contribution in [2.75, 3.05) is 13.1 Å². The molecule has 0 spiro atoms. The van der Waals surface area contributed by atoms with Crippen LogP contribution in [0.2, 0.25) is 0 Å². The molecule has 8 heteroatoms. The van der Waals surface area contributed by atoms with Crippen molar-refractivity contribution in [3.05, 3.63) is 60.2 Å². The molecule has 2 amide bonds. The maximum atomic E-state index is 13.0. The molecular formula is C27H36N2O6. The van der Waals surface area contributed by atoms with Crippen LogP contribution in [-0.2, 0) is 20.7 Å². The van der Waals surface area contributed by atoms with Gasteiger partial charge >= 0.3 is 18.0 Å². The van der Waals surface area contributed by atoms with Crippen molar-refractivity contribution in [2.24, 2.45) is 5.92 Å². The molecule has 0 aliphatic rings. The van der Waals surface area contributed by atoms with Gasteiger partial charge in [-0.05, 0) is 43.4 Å². The minimum atomic E-state index is -1.55. The van der Waals surface area contributed by atoms with E-state index in [0.717, 1.165) is 16.7 Å². The first kappa shape index (κ1) is 27.9. The molecule has 0 radical (unpaired) electrons. The summed E-state index contributed by atoms with van der Waals surface area (Å²) >= 11 is 0. The molecule has 3 N–H and O–H groups in total. The van der Waals surface area contributed by atoms with Crippen LogP contribution in [0, 0.1) is 5.92 Å². The Morgan fingerprint density at radius 3 is 2.03 bits per heavy atom. The van der Waals surface area contributed by atoms with Gasteiger partial charge in [-0.1, -0.05) is 68.4 Å². The van der Waals surface area contributed by atoms with Crippen LogP contribution in [0.5, 0.6) is 0 Å². The van der Waals surface area contributed by atoms with Gasteiger partial charge in [-0.2, -0.15) is 0 Å². The predicted octanol–water partition coefficient (Wildman–Crippen LogP) is 3.72. The van der Waals surface area contributed by atoms with Gasteiger partial charge in [0, 0.05) is 13.0 Å². The number of urea groups is 1. The molecule has 0 bridgehead atoms. The normalized spacial score (nSPS) is 13.1. The number of aliphatic carboxylic acids is 1. The number of hydrogen-bond donors (Lipinski definition) is 3. The van der Waals surface area contributed by atoms with Crippen molar-refractivity contribution in [2.45, 2.75) is 58.8 Å². The fourth-order valence-electron chi connectivity index (χ4n) is 3.47. The Balaban J connectivity index is 2.09. The lowest BCUT2D eigenvalue weighted by atomic mass is 10.0. The minimum Gasteiger partial charge on any atom is -0.480 e. The van der Waals surface area contributed by atoms with Crippen LogP contribution in [-0.4, -0.2) is 63.9 Å². The van der Waals surface area contributed by atoms with E-state index in [2.05, 4.69) is 5.32 Å². The average Bonchev–Trinajstić information content (AvgIpc) is 2.77. The summed E-state index contributed by atoms with van der Waals surface area (Å²) < 4.78 is 5.18. The Bertz CT molecular complexity index is 983. The molecule has 0 aliphatic heterocycles. The molecule has 8 nitrogen and oxygen atoms in total. The third kappa shape index (κ3) is 9.41. The fourth-order valence-corrected chi connectivity index (χ4v) is 3.47. The van der Waals surface area contributed by atoms with Gasteiger partial charge in [-0.3, -0.25) is 0 Å². The largest absolute Gasteiger partial charge is 0.480 e. The quantitative estimate of drug-likeness (QED) is 0.443. The lowest BCUT2D eigenvalue weighted by molar-refractivity contribution is -0.165. The summed E-state index contributed by atoms with van der Waals surface area (Å²) in [6.07, 6.45) is -1.46.